The lowest BCUT2D eigenvalue weighted by molar-refractivity contribution is -0.142. The number of rotatable bonds is 4. The van der Waals surface area contributed by atoms with Gasteiger partial charge in [-0.1, -0.05) is 12.2 Å². The van der Waals surface area contributed by atoms with Crippen LogP contribution in [0.1, 0.15) is 19.8 Å². The summed E-state index contributed by atoms with van der Waals surface area (Å²) in [6, 6.07) is -0.443. The van der Waals surface area contributed by atoms with E-state index in [1.165, 1.54) is 0 Å². The zero-order valence-electron chi connectivity index (χ0n) is 11.0. The van der Waals surface area contributed by atoms with E-state index in [0.717, 1.165) is 12.8 Å². The van der Waals surface area contributed by atoms with E-state index in [1.807, 2.05) is 19.1 Å². The maximum absolute atomic E-state index is 12.2. The Morgan fingerprint density at radius 1 is 1.37 bits per heavy atom. The Hall–Kier alpha value is -1.56. The summed E-state index contributed by atoms with van der Waals surface area (Å²) in [5, 5.41) is 12.1. The summed E-state index contributed by atoms with van der Waals surface area (Å²) >= 11 is 0. The fourth-order valence-corrected chi connectivity index (χ4v) is 2.61. The minimum absolute atomic E-state index is 0.132. The number of carboxylic acid groups (broad SMARTS) is 1. The lowest BCUT2D eigenvalue weighted by Crippen LogP contribution is -2.52. The third-order valence-electron chi connectivity index (χ3n) is 3.71. The van der Waals surface area contributed by atoms with E-state index in [-0.39, 0.29) is 24.7 Å². The molecule has 2 rings (SSSR count). The average molecular weight is 268 g/mol. The number of nitrogens with zero attached hydrogens (tertiary/aromatic N) is 1. The van der Waals surface area contributed by atoms with E-state index in [0.29, 0.717) is 13.2 Å². The first-order valence-corrected chi connectivity index (χ1v) is 6.66. The molecular weight excluding hydrogens is 248 g/mol. The molecule has 0 aromatic carbocycles. The smallest absolute Gasteiger partial charge is 0.317 e. The first-order chi connectivity index (χ1) is 9.13. The number of amides is 2. The van der Waals surface area contributed by atoms with Gasteiger partial charge in [0.1, 0.15) is 5.92 Å². The number of aliphatic carboxylic acids is 1. The van der Waals surface area contributed by atoms with E-state index in [2.05, 4.69) is 5.32 Å². The van der Waals surface area contributed by atoms with Crippen molar-refractivity contribution in [3.63, 3.8) is 0 Å². The Bertz CT molecular complexity index is 375. The van der Waals surface area contributed by atoms with Crippen molar-refractivity contribution >= 4 is 12.0 Å². The fourth-order valence-electron chi connectivity index (χ4n) is 2.61. The highest BCUT2D eigenvalue weighted by molar-refractivity contribution is 5.77. The molecule has 6 heteroatoms. The molecule has 0 spiro atoms. The molecule has 1 aliphatic heterocycles. The van der Waals surface area contributed by atoms with Gasteiger partial charge in [-0.15, -0.1) is 0 Å². The summed E-state index contributed by atoms with van der Waals surface area (Å²) in [7, 11) is 0. The molecule has 0 bridgehead atoms. The van der Waals surface area contributed by atoms with Gasteiger partial charge in [0.2, 0.25) is 0 Å². The van der Waals surface area contributed by atoms with Gasteiger partial charge in [0, 0.05) is 12.6 Å². The van der Waals surface area contributed by atoms with Gasteiger partial charge in [0.05, 0.1) is 19.3 Å². The van der Waals surface area contributed by atoms with Crippen molar-refractivity contribution in [2.45, 2.75) is 31.8 Å². The maximum Gasteiger partial charge on any atom is 0.317 e. The molecule has 2 N–H and O–H groups in total. The van der Waals surface area contributed by atoms with Gasteiger partial charge in [-0.2, -0.15) is 0 Å². The van der Waals surface area contributed by atoms with Crippen molar-refractivity contribution in [2.24, 2.45) is 5.92 Å². The topological polar surface area (TPSA) is 78.9 Å². The molecule has 106 valence electrons. The van der Waals surface area contributed by atoms with Gasteiger partial charge in [0.25, 0.3) is 0 Å². The highest BCUT2D eigenvalue weighted by atomic mass is 16.5. The minimum Gasteiger partial charge on any atom is -0.481 e. The molecule has 2 aliphatic rings. The Morgan fingerprint density at radius 3 is 2.63 bits per heavy atom. The number of urea groups is 1. The predicted octanol–water partition coefficient (Wildman–Crippen LogP) is 0.836. The molecule has 0 aromatic rings. The molecule has 6 nitrogen and oxygen atoms in total. The summed E-state index contributed by atoms with van der Waals surface area (Å²) in [5.74, 6) is -1.54. The molecule has 1 fully saturated rings. The van der Waals surface area contributed by atoms with E-state index in [1.54, 1.807) is 4.90 Å². The fraction of sp³-hybridized carbons (Fsp3) is 0.692. The third kappa shape index (κ3) is 3.07. The zero-order valence-corrected chi connectivity index (χ0v) is 11.0. The van der Waals surface area contributed by atoms with E-state index >= 15 is 0 Å². The van der Waals surface area contributed by atoms with Crippen LogP contribution in [0.15, 0.2) is 12.2 Å². The second-order valence-electron chi connectivity index (χ2n) is 4.92. The molecule has 2 unspecified atom stereocenters. The van der Waals surface area contributed by atoms with Crippen molar-refractivity contribution in [1.82, 2.24) is 10.2 Å². The molecule has 1 aliphatic carbocycles. The summed E-state index contributed by atoms with van der Waals surface area (Å²) in [5.41, 5.74) is 0. The molecule has 2 amide bonds. The number of carboxylic acids is 1. The summed E-state index contributed by atoms with van der Waals surface area (Å²) in [6.07, 6.45) is 5.76. The quantitative estimate of drug-likeness (QED) is 0.740. The molecule has 1 saturated heterocycles. The van der Waals surface area contributed by atoms with Crippen molar-refractivity contribution in [1.29, 1.82) is 0 Å². The maximum atomic E-state index is 12.2. The van der Waals surface area contributed by atoms with Crippen molar-refractivity contribution < 1.29 is 19.4 Å². The van der Waals surface area contributed by atoms with Gasteiger partial charge >= 0.3 is 12.0 Å². The Morgan fingerprint density at radius 2 is 2.05 bits per heavy atom. The number of hydrogen-bond donors (Lipinski definition) is 2. The van der Waals surface area contributed by atoms with E-state index in [4.69, 9.17) is 9.84 Å². The molecule has 2 atom stereocenters. The molecular formula is C13H20N2O4. The SMILES string of the molecule is CCN(C(=O)NC1CC=CC1)C1COCC1C(=O)O. The number of likely N-dealkylation sites (N-methyl/N-ethyl adjacent to an activating group) is 1. The van der Waals surface area contributed by atoms with Crippen LogP contribution in [0.5, 0.6) is 0 Å². The number of ether oxygens (including phenoxy) is 1. The first-order valence-electron chi connectivity index (χ1n) is 6.66. The Labute approximate surface area is 112 Å². The Balaban J connectivity index is 1.97. The minimum atomic E-state index is -0.906. The van der Waals surface area contributed by atoms with Crippen LogP contribution in [-0.4, -0.2) is 53.8 Å². The van der Waals surface area contributed by atoms with Crippen LogP contribution in [-0.2, 0) is 9.53 Å². The monoisotopic (exact) mass is 268 g/mol. The average Bonchev–Trinajstić information content (AvgIpc) is 3.00. The highest BCUT2D eigenvalue weighted by Gasteiger charge is 2.39. The normalized spacial score (nSPS) is 26.6. The van der Waals surface area contributed by atoms with Crippen LogP contribution in [0, 0.1) is 5.92 Å². The number of carbonyl (C=O) groups is 2. The molecule has 19 heavy (non-hydrogen) atoms. The second kappa shape index (κ2) is 6.06. The molecule has 0 radical (unpaired) electrons. The number of hydrogen-bond acceptors (Lipinski definition) is 3. The second-order valence-corrected chi connectivity index (χ2v) is 4.92. The molecule has 0 aromatic heterocycles. The Kier molecular flexibility index (Phi) is 4.42. The van der Waals surface area contributed by atoms with Crippen LogP contribution in [0.3, 0.4) is 0 Å². The van der Waals surface area contributed by atoms with Crippen LogP contribution in [0.4, 0.5) is 4.79 Å². The van der Waals surface area contributed by atoms with Gasteiger partial charge in [-0.25, -0.2) is 4.79 Å². The summed E-state index contributed by atoms with van der Waals surface area (Å²) < 4.78 is 5.22. The summed E-state index contributed by atoms with van der Waals surface area (Å²) in [4.78, 5) is 24.9. The van der Waals surface area contributed by atoms with Crippen molar-refractivity contribution in [2.75, 3.05) is 19.8 Å². The van der Waals surface area contributed by atoms with Gasteiger partial charge in [0.15, 0.2) is 0 Å². The van der Waals surface area contributed by atoms with Crippen molar-refractivity contribution in [3.8, 4) is 0 Å². The van der Waals surface area contributed by atoms with Crippen LogP contribution < -0.4 is 5.32 Å². The highest BCUT2D eigenvalue weighted by Crippen LogP contribution is 2.20. The van der Waals surface area contributed by atoms with Gasteiger partial charge in [-0.3, -0.25) is 4.79 Å². The molecule has 0 saturated carbocycles. The first kappa shape index (κ1) is 13.9. The molecule has 1 heterocycles. The number of nitrogens with one attached hydrogen (secondary N) is 1. The third-order valence-corrected chi connectivity index (χ3v) is 3.71. The van der Waals surface area contributed by atoms with Gasteiger partial charge in [-0.05, 0) is 19.8 Å². The van der Waals surface area contributed by atoms with Gasteiger partial charge < -0.3 is 20.1 Å². The lowest BCUT2D eigenvalue weighted by atomic mass is 10.0. The van der Waals surface area contributed by atoms with Crippen LogP contribution in [0.2, 0.25) is 0 Å². The van der Waals surface area contributed by atoms with Crippen LogP contribution >= 0.6 is 0 Å². The van der Waals surface area contributed by atoms with Crippen molar-refractivity contribution in [3.05, 3.63) is 12.2 Å². The number of carbonyl (C=O) groups excluding carboxylic acids is 1. The lowest BCUT2D eigenvalue weighted by Gasteiger charge is -2.30. The van der Waals surface area contributed by atoms with E-state index < -0.39 is 11.9 Å². The summed E-state index contributed by atoms with van der Waals surface area (Å²) in [6.45, 7) is 2.80. The standard InChI is InChI=1S/C13H20N2O4/c1-2-15(11-8-19-7-10(11)12(16)17)13(18)14-9-5-3-4-6-9/h3-4,9-11H,2,5-8H2,1H3,(H,14,18)(H,16,17). The largest absolute Gasteiger partial charge is 0.481 e. The van der Waals surface area contributed by atoms with Crippen LogP contribution in [0.25, 0.3) is 0 Å². The van der Waals surface area contributed by atoms with E-state index in [9.17, 15) is 9.59 Å². The predicted molar refractivity (Wildman–Crippen MR) is 68.8 cm³/mol. The zero-order chi connectivity index (χ0) is 13.8.